The molecule has 2 nitrogen and oxygen atoms in total. The van der Waals surface area contributed by atoms with Gasteiger partial charge in [-0.05, 0) is 39.5 Å². The Labute approximate surface area is 122 Å². The summed E-state index contributed by atoms with van der Waals surface area (Å²) in [4.78, 5) is 16.5. The first-order chi connectivity index (χ1) is 9.20. The third kappa shape index (κ3) is 3.74. The van der Waals surface area contributed by atoms with E-state index in [0.717, 1.165) is 22.0 Å². The monoisotopic (exact) mass is 317 g/mol. The molecule has 0 N–H and O–H groups in total. The minimum absolute atomic E-state index is 0.0276. The van der Waals surface area contributed by atoms with Crippen molar-refractivity contribution < 1.29 is 4.79 Å². The lowest BCUT2D eigenvalue weighted by Crippen LogP contribution is -2.14. The molecule has 0 spiro atoms. The zero-order valence-corrected chi connectivity index (χ0v) is 12.4. The Balaban J connectivity index is 2.14. The van der Waals surface area contributed by atoms with Crippen LogP contribution in [0.25, 0.3) is 0 Å². The molecular weight excluding hydrogens is 302 g/mol. The van der Waals surface area contributed by atoms with Crippen LogP contribution in [0.15, 0.2) is 53.3 Å². The fourth-order valence-corrected chi connectivity index (χ4v) is 2.62. The van der Waals surface area contributed by atoms with Crippen LogP contribution in [0.1, 0.15) is 30.4 Å². The van der Waals surface area contributed by atoms with Crippen molar-refractivity contribution in [3.05, 3.63) is 64.4 Å². The highest BCUT2D eigenvalue weighted by Crippen LogP contribution is 2.22. The molecule has 19 heavy (non-hydrogen) atoms. The predicted molar refractivity (Wildman–Crippen MR) is 80.1 cm³/mol. The van der Waals surface area contributed by atoms with Crippen LogP contribution in [-0.4, -0.2) is 10.8 Å². The maximum absolute atomic E-state index is 12.4. The van der Waals surface area contributed by atoms with Crippen molar-refractivity contribution in [2.24, 2.45) is 0 Å². The smallest absolute Gasteiger partial charge is 0.144 e. The molecule has 0 fully saturated rings. The first-order valence-corrected chi connectivity index (χ1v) is 7.17. The SMILES string of the molecule is CCC(C(=O)Cc1cncc(Br)c1)c1ccccc1. The molecule has 3 heteroatoms. The molecule has 1 atom stereocenters. The fraction of sp³-hybridized carbons (Fsp3) is 0.250. The molecule has 2 aromatic rings. The molecule has 1 unspecified atom stereocenters. The molecule has 0 radical (unpaired) electrons. The van der Waals surface area contributed by atoms with Crippen molar-refractivity contribution in [2.75, 3.05) is 0 Å². The van der Waals surface area contributed by atoms with Crippen LogP contribution in [0.2, 0.25) is 0 Å². The van der Waals surface area contributed by atoms with Crippen molar-refractivity contribution in [2.45, 2.75) is 25.7 Å². The van der Waals surface area contributed by atoms with Crippen LogP contribution in [0, 0.1) is 0 Å². The largest absolute Gasteiger partial charge is 0.299 e. The summed E-state index contributed by atoms with van der Waals surface area (Å²) in [6.45, 7) is 2.05. The number of halogens is 1. The number of carbonyl (C=O) groups excluding carboxylic acids is 1. The number of Topliss-reactive ketones (excluding diaryl/α,β-unsaturated/α-hetero) is 1. The molecule has 0 aliphatic rings. The number of ketones is 1. The van der Waals surface area contributed by atoms with Gasteiger partial charge in [0.25, 0.3) is 0 Å². The lowest BCUT2D eigenvalue weighted by Gasteiger charge is -2.14. The Morgan fingerprint density at radius 2 is 2.00 bits per heavy atom. The molecule has 0 aliphatic heterocycles. The van der Waals surface area contributed by atoms with Gasteiger partial charge in [-0.2, -0.15) is 0 Å². The molecule has 0 saturated heterocycles. The van der Waals surface area contributed by atoms with E-state index in [9.17, 15) is 4.79 Å². The van der Waals surface area contributed by atoms with Gasteiger partial charge in [0.1, 0.15) is 5.78 Å². The summed E-state index contributed by atoms with van der Waals surface area (Å²) in [5.41, 5.74) is 2.05. The molecule has 0 amide bonds. The Hall–Kier alpha value is -1.48. The van der Waals surface area contributed by atoms with Crippen LogP contribution in [-0.2, 0) is 11.2 Å². The second-order valence-corrected chi connectivity index (χ2v) is 5.44. The minimum atomic E-state index is -0.0276. The van der Waals surface area contributed by atoms with Gasteiger partial charge in [0.15, 0.2) is 0 Å². The zero-order chi connectivity index (χ0) is 13.7. The van der Waals surface area contributed by atoms with Gasteiger partial charge in [-0.25, -0.2) is 0 Å². The summed E-state index contributed by atoms with van der Waals surface area (Å²) in [7, 11) is 0. The van der Waals surface area contributed by atoms with Crippen molar-refractivity contribution >= 4 is 21.7 Å². The number of aromatic nitrogens is 1. The van der Waals surface area contributed by atoms with Gasteiger partial charge < -0.3 is 0 Å². The number of pyridine rings is 1. The summed E-state index contributed by atoms with van der Waals surface area (Å²) >= 11 is 3.38. The lowest BCUT2D eigenvalue weighted by atomic mass is 9.89. The maximum atomic E-state index is 12.4. The third-order valence-electron chi connectivity index (χ3n) is 3.14. The maximum Gasteiger partial charge on any atom is 0.144 e. The Morgan fingerprint density at radius 3 is 2.63 bits per heavy atom. The topological polar surface area (TPSA) is 30.0 Å². The van der Waals surface area contributed by atoms with Gasteiger partial charge in [0.05, 0.1) is 0 Å². The van der Waals surface area contributed by atoms with Crippen LogP contribution in [0.3, 0.4) is 0 Å². The number of rotatable bonds is 5. The van der Waals surface area contributed by atoms with Gasteiger partial charge in [-0.15, -0.1) is 0 Å². The molecule has 1 aromatic carbocycles. The summed E-state index contributed by atoms with van der Waals surface area (Å²) in [6.07, 6.45) is 4.73. The van der Waals surface area contributed by atoms with Gasteiger partial charge >= 0.3 is 0 Å². The predicted octanol–water partition coefficient (Wildman–Crippen LogP) is 4.15. The van der Waals surface area contributed by atoms with E-state index in [4.69, 9.17) is 0 Å². The third-order valence-corrected chi connectivity index (χ3v) is 3.57. The van der Waals surface area contributed by atoms with Gasteiger partial charge in [0, 0.05) is 29.2 Å². The normalized spacial score (nSPS) is 12.1. The van der Waals surface area contributed by atoms with Gasteiger partial charge in [-0.3, -0.25) is 9.78 Å². The molecule has 1 aromatic heterocycles. The summed E-state index contributed by atoms with van der Waals surface area (Å²) < 4.78 is 0.908. The number of hydrogen-bond donors (Lipinski definition) is 0. The standard InChI is InChI=1S/C16H16BrNO/c1-2-15(13-6-4-3-5-7-13)16(19)9-12-8-14(17)11-18-10-12/h3-8,10-11,15H,2,9H2,1H3. The zero-order valence-electron chi connectivity index (χ0n) is 10.8. The van der Waals surface area contributed by atoms with Crippen molar-refractivity contribution in [1.29, 1.82) is 0 Å². The second-order valence-electron chi connectivity index (χ2n) is 4.53. The van der Waals surface area contributed by atoms with E-state index in [1.54, 1.807) is 12.4 Å². The van der Waals surface area contributed by atoms with E-state index in [0.29, 0.717) is 6.42 Å². The molecular formula is C16H16BrNO. The fourth-order valence-electron chi connectivity index (χ4n) is 2.21. The summed E-state index contributed by atoms with van der Waals surface area (Å²) in [5, 5.41) is 0. The molecule has 2 rings (SSSR count). The van der Waals surface area contributed by atoms with Crippen molar-refractivity contribution in [3.63, 3.8) is 0 Å². The second kappa shape index (κ2) is 6.62. The Kier molecular flexibility index (Phi) is 4.86. The van der Waals surface area contributed by atoms with E-state index < -0.39 is 0 Å². The number of carbonyl (C=O) groups is 1. The summed E-state index contributed by atoms with van der Waals surface area (Å²) in [6, 6.07) is 11.9. The molecule has 0 saturated carbocycles. The number of benzene rings is 1. The van der Waals surface area contributed by atoms with Crippen LogP contribution in [0.4, 0.5) is 0 Å². The van der Waals surface area contributed by atoms with Crippen molar-refractivity contribution in [3.8, 4) is 0 Å². The highest BCUT2D eigenvalue weighted by Gasteiger charge is 2.18. The van der Waals surface area contributed by atoms with E-state index in [1.807, 2.05) is 36.4 Å². The van der Waals surface area contributed by atoms with E-state index in [2.05, 4.69) is 27.8 Å². The van der Waals surface area contributed by atoms with Crippen LogP contribution in [0.5, 0.6) is 0 Å². The molecule has 98 valence electrons. The quantitative estimate of drug-likeness (QED) is 0.829. The molecule has 0 bridgehead atoms. The van der Waals surface area contributed by atoms with Crippen LogP contribution < -0.4 is 0 Å². The average molecular weight is 318 g/mol. The van der Waals surface area contributed by atoms with Crippen molar-refractivity contribution in [1.82, 2.24) is 4.98 Å². The van der Waals surface area contributed by atoms with Gasteiger partial charge in [0.2, 0.25) is 0 Å². The minimum Gasteiger partial charge on any atom is -0.299 e. The molecule has 1 heterocycles. The Bertz CT molecular complexity index is 554. The number of nitrogens with zero attached hydrogens (tertiary/aromatic N) is 1. The average Bonchev–Trinajstić information content (AvgIpc) is 2.41. The van der Waals surface area contributed by atoms with Crippen LogP contribution >= 0.6 is 15.9 Å². The first-order valence-electron chi connectivity index (χ1n) is 6.37. The highest BCUT2D eigenvalue weighted by molar-refractivity contribution is 9.10. The summed E-state index contributed by atoms with van der Waals surface area (Å²) in [5.74, 6) is 0.216. The number of hydrogen-bond acceptors (Lipinski definition) is 2. The highest BCUT2D eigenvalue weighted by atomic mass is 79.9. The Morgan fingerprint density at radius 1 is 1.26 bits per heavy atom. The van der Waals surface area contributed by atoms with E-state index in [-0.39, 0.29) is 11.7 Å². The first kappa shape index (κ1) is 13.9. The lowest BCUT2D eigenvalue weighted by molar-refractivity contribution is -0.119. The van der Waals surface area contributed by atoms with Gasteiger partial charge in [-0.1, -0.05) is 37.3 Å². The van der Waals surface area contributed by atoms with E-state index in [1.165, 1.54) is 0 Å². The molecule has 0 aliphatic carbocycles. The van der Waals surface area contributed by atoms with E-state index >= 15 is 0 Å².